The van der Waals surface area contributed by atoms with E-state index in [0.29, 0.717) is 25.7 Å². The quantitative estimate of drug-likeness (QED) is 0.694. The maximum atomic E-state index is 6.86. The Labute approximate surface area is 193 Å². The Morgan fingerprint density at radius 3 is 2.70 bits per heavy atom. The first kappa shape index (κ1) is 20.5. The van der Waals surface area contributed by atoms with Gasteiger partial charge in [-0.2, -0.15) is 0 Å². The van der Waals surface area contributed by atoms with Gasteiger partial charge in [-0.15, -0.1) is 0 Å². The fourth-order valence-electron chi connectivity index (χ4n) is 6.72. The Balaban J connectivity index is 1.08. The number of piperidine rings is 1. The summed E-state index contributed by atoms with van der Waals surface area (Å²) in [4.78, 5) is 6.93. The molecular weight excluding hydrogens is 420 g/mol. The highest BCUT2D eigenvalue weighted by Crippen LogP contribution is 2.55. The van der Waals surface area contributed by atoms with Crippen LogP contribution in [0.5, 0.6) is 0 Å². The molecule has 1 unspecified atom stereocenters. The Kier molecular flexibility index (Phi) is 5.04. The molecule has 0 spiro atoms. The molecule has 0 radical (unpaired) electrons. The van der Waals surface area contributed by atoms with Gasteiger partial charge < -0.3 is 23.7 Å². The topological polar surface area (TPSA) is 62.3 Å². The van der Waals surface area contributed by atoms with Gasteiger partial charge >= 0.3 is 0 Å². The van der Waals surface area contributed by atoms with Crippen molar-refractivity contribution in [2.45, 2.75) is 62.2 Å². The Morgan fingerprint density at radius 1 is 1.00 bits per heavy atom. The third-order valence-electron chi connectivity index (χ3n) is 8.17. The van der Waals surface area contributed by atoms with Crippen LogP contribution in [0.1, 0.15) is 35.6 Å². The molecule has 33 heavy (non-hydrogen) atoms. The second kappa shape index (κ2) is 8.12. The zero-order valence-corrected chi connectivity index (χ0v) is 18.8. The molecule has 7 heteroatoms. The van der Waals surface area contributed by atoms with Crippen molar-refractivity contribution in [2.75, 3.05) is 26.4 Å². The van der Waals surface area contributed by atoms with Crippen LogP contribution in [-0.4, -0.2) is 73.0 Å². The van der Waals surface area contributed by atoms with Crippen LogP contribution in [0.15, 0.2) is 48.8 Å². The van der Waals surface area contributed by atoms with Crippen molar-refractivity contribution in [3.63, 3.8) is 0 Å². The van der Waals surface area contributed by atoms with Gasteiger partial charge in [-0.05, 0) is 22.8 Å². The Morgan fingerprint density at radius 2 is 1.82 bits per heavy atom. The summed E-state index contributed by atoms with van der Waals surface area (Å²) in [7, 11) is 0. The van der Waals surface area contributed by atoms with Crippen LogP contribution >= 0.6 is 0 Å². The first-order chi connectivity index (χ1) is 16.3. The summed E-state index contributed by atoms with van der Waals surface area (Å²) in [5.74, 6) is 0.520. The third-order valence-corrected chi connectivity index (χ3v) is 8.17. The van der Waals surface area contributed by atoms with E-state index in [1.165, 1.54) is 11.1 Å². The zero-order valence-electron chi connectivity index (χ0n) is 18.8. The van der Waals surface area contributed by atoms with Gasteiger partial charge in [-0.25, -0.2) is 0 Å². The molecule has 0 saturated carbocycles. The molecule has 7 nitrogen and oxygen atoms in total. The normalized spacial score (nSPS) is 41.2. The molecule has 1 aromatic heterocycles. The SMILES string of the molecule is C[C@@H]1[C@H](O[C@@H]2CO[C@H]3[C@@H]2OC[C@H]3OCc2ccccc2)[C@@H]2c3ccncc3[C@H]1N1CCOC21. The largest absolute Gasteiger partial charge is 0.370 e. The van der Waals surface area contributed by atoms with Crippen molar-refractivity contribution in [1.29, 1.82) is 0 Å². The molecule has 0 N–H and O–H groups in total. The average Bonchev–Trinajstić information content (AvgIpc) is 3.58. The van der Waals surface area contributed by atoms with Crippen LogP contribution in [-0.2, 0) is 30.3 Å². The van der Waals surface area contributed by atoms with Gasteiger partial charge in [0.2, 0.25) is 0 Å². The van der Waals surface area contributed by atoms with E-state index in [-0.39, 0.29) is 48.7 Å². The number of fused-ring (bicyclic) bond motifs is 2. The first-order valence-electron chi connectivity index (χ1n) is 12.1. The lowest BCUT2D eigenvalue weighted by Gasteiger charge is -2.55. The van der Waals surface area contributed by atoms with Gasteiger partial charge in [-0.3, -0.25) is 9.88 Å². The highest BCUT2D eigenvalue weighted by molar-refractivity contribution is 5.40. The molecule has 1 aromatic carbocycles. The van der Waals surface area contributed by atoms with E-state index in [1.54, 1.807) is 0 Å². The predicted octanol–water partition coefficient (Wildman–Crippen LogP) is 2.66. The van der Waals surface area contributed by atoms with E-state index in [0.717, 1.165) is 18.7 Å². The minimum absolute atomic E-state index is 0.0597. The highest BCUT2D eigenvalue weighted by Gasteiger charge is 2.59. The summed E-state index contributed by atoms with van der Waals surface area (Å²) in [6.07, 6.45) is 3.75. The molecule has 2 bridgehead atoms. The summed E-state index contributed by atoms with van der Waals surface area (Å²) >= 11 is 0. The fraction of sp³-hybridized carbons (Fsp3) is 0.577. The summed E-state index contributed by atoms with van der Waals surface area (Å²) in [6, 6.07) is 12.7. The molecule has 5 aliphatic heterocycles. The fourth-order valence-corrected chi connectivity index (χ4v) is 6.72. The van der Waals surface area contributed by atoms with Crippen LogP contribution in [0, 0.1) is 5.92 Å². The lowest BCUT2D eigenvalue weighted by molar-refractivity contribution is -0.178. The predicted molar refractivity (Wildman–Crippen MR) is 118 cm³/mol. The second-order valence-corrected chi connectivity index (χ2v) is 9.90. The number of aromatic nitrogens is 1. The highest BCUT2D eigenvalue weighted by atomic mass is 16.6. The number of benzene rings is 1. The lowest BCUT2D eigenvalue weighted by atomic mass is 9.67. The van der Waals surface area contributed by atoms with Crippen LogP contribution in [0.25, 0.3) is 0 Å². The minimum atomic E-state index is -0.0905. The lowest BCUT2D eigenvalue weighted by Crippen LogP contribution is -2.59. The maximum Gasteiger partial charge on any atom is 0.120 e. The standard InChI is InChI=1S/C26H30N2O5/c1-15-22-18-11-27-8-7-17(18)21(26-28(22)9-10-29-26)23(15)33-20-14-32-24-19(13-31-25(20)24)30-12-16-5-3-2-4-6-16/h2-8,11,15,19-26H,9-10,12-14H2,1H3/t15-,19+,20+,21-,22-,23-,24+,25+,26?/m0/s1. The molecule has 9 atom stereocenters. The molecule has 4 saturated heterocycles. The summed E-state index contributed by atoms with van der Waals surface area (Å²) in [6.45, 7) is 5.71. The third kappa shape index (κ3) is 3.21. The van der Waals surface area contributed by atoms with E-state index in [1.807, 2.05) is 30.6 Å². The number of nitrogens with zero attached hydrogens (tertiary/aromatic N) is 2. The number of hydrogen-bond acceptors (Lipinski definition) is 7. The first-order valence-corrected chi connectivity index (χ1v) is 12.1. The number of pyridine rings is 1. The molecule has 6 heterocycles. The summed E-state index contributed by atoms with van der Waals surface area (Å²) < 4.78 is 31.6. The molecule has 0 amide bonds. The van der Waals surface area contributed by atoms with Crippen LogP contribution in [0.4, 0.5) is 0 Å². The van der Waals surface area contributed by atoms with Crippen molar-refractivity contribution < 1.29 is 23.7 Å². The van der Waals surface area contributed by atoms with Crippen molar-refractivity contribution >= 4 is 0 Å². The molecule has 1 aliphatic carbocycles. The van der Waals surface area contributed by atoms with E-state index in [4.69, 9.17) is 23.7 Å². The van der Waals surface area contributed by atoms with E-state index in [2.05, 4.69) is 35.0 Å². The summed E-state index contributed by atoms with van der Waals surface area (Å²) in [5.41, 5.74) is 3.82. The molecular formula is C26H30N2O5. The van der Waals surface area contributed by atoms with Crippen molar-refractivity contribution in [1.82, 2.24) is 9.88 Å². The molecule has 2 aromatic rings. The smallest absolute Gasteiger partial charge is 0.120 e. The van der Waals surface area contributed by atoms with Gasteiger partial charge in [0.15, 0.2) is 0 Å². The molecule has 4 fully saturated rings. The number of rotatable bonds is 5. The van der Waals surface area contributed by atoms with Crippen LogP contribution in [0.2, 0.25) is 0 Å². The van der Waals surface area contributed by atoms with Gasteiger partial charge in [0.25, 0.3) is 0 Å². The molecule has 6 aliphatic rings. The van der Waals surface area contributed by atoms with Crippen molar-refractivity contribution in [3.8, 4) is 0 Å². The molecule has 8 rings (SSSR count). The number of ether oxygens (including phenoxy) is 5. The van der Waals surface area contributed by atoms with Gasteiger partial charge in [0.05, 0.1) is 38.4 Å². The van der Waals surface area contributed by atoms with E-state index >= 15 is 0 Å². The van der Waals surface area contributed by atoms with E-state index < -0.39 is 0 Å². The van der Waals surface area contributed by atoms with Gasteiger partial charge in [0, 0.05) is 30.9 Å². The molecule has 174 valence electrons. The van der Waals surface area contributed by atoms with Crippen LogP contribution in [0.3, 0.4) is 0 Å². The van der Waals surface area contributed by atoms with Crippen molar-refractivity contribution in [2.24, 2.45) is 5.92 Å². The monoisotopic (exact) mass is 450 g/mol. The second-order valence-electron chi connectivity index (χ2n) is 9.90. The minimum Gasteiger partial charge on any atom is -0.370 e. The van der Waals surface area contributed by atoms with Crippen LogP contribution < -0.4 is 0 Å². The number of hydrogen-bond donors (Lipinski definition) is 0. The maximum absolute atomic E-state index is 6.86. The Bertz CT molecular complexity index is 1010. The summed E-state index contributed by atoms with van der Waals surface area (Å²) in [5, 5.41) is 0. The van der Waals surface area contributed by atoms with Gasteiger partial charge in [-0.1, -0.05) is 37.3 Å². The van der Waals surface area contributed by atoms with Crippen molar-refractivity contribution in [3.05, 3.63) is 65.5 Å². The van der Waals surface area contributed by atoms with Gasteiger partial charge in [0.1, 0.15) is 30.6 Å². The average molecular weight is 451 g/mol. The Hall–Kier alpha value is -1.87. The van der Waals surface area contributed by atoms with E-state index in [9.17, 15) is 0 Å². The zero-order chi connectivity index (χ0) is 21.9.